The molecule has 0 saturated carbocycles. The van der Waals surface area contributed by atoms with E-state index in [9.17, 15) is 4.79 Å². The van der Waals surface area contributed by atoms with Crippen molar-refractivity contribution in [1.29, 1.82) is 0 Å². The molecule has 28 heavy (non-hydrogen) atoms. The van der Waals surface area contributed by atoms with E-state index < -0.39 is 0 Å². The monoisotopic (exact) mass is 379 g/mol. The fourth-order valence-corrected chi connectivity index (χ4v) is 4.19. The SMILES string of the molecule is CCC(C)(CC1=CCC=CC=C1)CC(C)(C)NC(=O)C(C)Cc1ccccc1. The van der Waals surface area contributed by atoms with Gasteiger partial charge in [0.25, 0.3) is 0 Å². The van der Waals surface area contributed by atoms with Crippen LogP contribution >= 0.6 is 0 Å². The Hall–Kier alpha value is -2.09. The molecule has 1 aromatic carbocycles. The molecule has 0 radical (unpaired) electrons. The normalized spacial score (nSPS) is 17.4. The lowest BCUT2D eigenvalue weighted by molar-refractivity contribution is -0.126. The standard InChI is InChI=1S/C26H37NO/c1-6-26(5,19-23-16-10-7-8-11-17-23)20-25(3,4)27-24(28)21(2)18-22-14-12-9-13-15-22/h7-10,12-17,21H,6,11,18-20H2,1-5H3,(H,27,28). The quantitative estimate of drug-likeness (QED) is 0.528. The van der Waals surface area contributed by atoms with E-state index >= 15 is 0 Å². The van der Waals surface area contributed by atoms with Gasteiger partial charge in [-0.1, -0.05) is 93.5 Å². The van der Waals surface area contributed by atoms with Gasteiger partial charge in [0.2, 0.25) is 5.91 Å². The molecule has 0 saturated heterocycles. The number of nitrogens with one attached hydrogen (secondary N) is 1. The smallest absolute Gasteiger partial charge is 0.223 e. The Bertz CT molecular complexity index is 726. The summed E-state index contributed by atoms with van der Waals surface area (Å²) in [5.41, 5.74) is 2.52. The summed E-state index contributed by atoms with van der Waals surface area (Å²) >= 11 is 0. The van der Waals surface area contributed by atoms with Crippen LogP contribution in [0.5, 0.6) is 0 Å². The third-order valence-corrected chi connectivity index (χ3v) is 5.72. The van der Waals surface area contributed by atoms with Crippen LogP contribution < -0.4 is 5.32 Å². The first-order valence-corrected chi connectivity index (χ1v) is 10.6. The number of benzene rings is 1. The van der Waals surface area contributed by atoms with Crippen molar-refractivity contribution in [3.8, 4) is 0 Å². The van der Waals surface area contributed by atoms with E-state index in [0.29, 0.717) is 0 Å². The van der Waals surface area contributed by atoms with Crippen molar-refractivity contribution in [1.82, 2.24) is 5.32 Å². The molecule has 2 rings (SSSR count). The number of carbonyl (C=O) groups is 1. The van der Waals surface area contributed by atoms with Gasteiger partial charge in [-0.3, -0.25) is 4.79 Å². The fraction of sp³-hybridized carbons (Fsp3) is 0.500. The molecule has 1 aliphatic rings. The lowest BCUT2D eigenvalue weighted by Gasteiger charge is -2.38. The predicted molar refractivity (Wildman–Crippen MR) is 120 cm³/mol. The zero-order valence-electron chi connectivity index (χ0n) is 18.3. The average Bonchev–Trinajstić information content (AvgIpc) is 2.90. The second-order valence-corrected chi connectivity index (χ2v) is 9.28. The van der Waals surface area contributed by atoms with Crippen LogP contribution in [0.15, 0.2) is 66.3 Å². The number of rotatable bonds is 9. The minimum absolute atomic E-state index is 0.0341. The average molecular weight is 380 g/mol. The predicted octanol–water partition coefficient (Wildman–Crippen LogP) is 6.40. The number of amides is 1. The summed E-state index contributed by atoms with van der Waals surface area (Å²) < 4.78 is 0. The highest BCUT2D eigenvalue weighted by atomic mass is 16.2. The maximum atomic E-state index is 12.8. The molecule has 2 nitrogen and oxygen atoms in total. The first-order chi connectivity index (χ1) is 13.2. The van der Waals surface area contributed by atoms with E-state index in [-0.39, 0.29) is 22.8 Å². The van der Waals surface area contributed by atoms with Crippen molar-refractivity contribution in [2.75, 3.05) is 0 Å². The van der Waals surface area contributed by atoms with Crippen molar-refractivity contribution < 1.29 is 4.79 Å². The molecule has 152 valence electrons. The zero-order valence-corrected chi connectivity index (χ0v) is 18.3. The Morgan fingerprint density at radius 3 is 2.54 bits per heavy atom. The Morgan fingerprint density at radius 1 is 1.14 bits per heavy atom. The first kappa shape index (κ1) is 22.2. The highest BCUT2D eigenvalue weighted by molar-refractivity contribution is 5.79. The first-order valence-electron chi connectivity index (χ1n) is 10.6. The molecule has 1 amide bonds. The third kappa shape index (κ3) is 7.14. The van der Waals surface area contributed by atoms with Crippen molar-refractivity contribution in [3.05, 3.63) is 71.8 Å². The topological polar surface area (TPSA) is 29.1 Å². The van der Waals surface area contributed by atoms with Crippen molar-refractivity contribution in [2.24, 2.45) is 11.3 Å². The molecule has 0 heterocycles. The van der Waals surface area contributed by atoms with Crippen LogP contribution in [0.4, 0.5) is 0 Å². The van der Waals surface area contributed by atoms with Crippen molar-refractivity contribution in [3.63, 3.8) is 0 Å². The number of hydrogen-bond donors (Lipinski definition) is 1. The minimum atomic E-state index is -0.236. The summed E-state index contributed by atoms with van der Waals surface area (Å²) in [6.07, 6.45) is 15.8. The van der Waals surface area contributed by atoms with Gasteiger partial charge in [0.15, 0.2) is 0 Å². The van der Waals surface area contributed by atoms with Gasteiger partial charge in [-0.2, -0.15) is 0 Å². The second-order valence-electron chi connectivity index (χ2n) is 9.28. The summed E-state index contributed by atoms with van der Waals surface area (Å²) in [4.78, 5) is 12.8. The van der Waals surface area contributed by atoms with Crippen LogP contribution in [0.1, 0.15) is 65.9 Å². The molecular formula is C26H37NO. The summed E-state index contributed by atoms with van der Waals surface area (Å²) in [7, 11) is 0. The highest BCUT2D eigenvalue weighted by Gasteiger charge is 2.33. The van der Waals surface area contributed by atoms with Crippen molar-refractivity contribution >= 4 is 5.91 Å². The molecule has 2 unspecified atom stereocenters. The van der Waals surface area contributed by atoms with Gasteiger partial charge in [0.1, 0.15) is 0 Å². The van der Waals surface area contributed by atoms with Crippen LogP contribution in [0, 0.1) is 11.3 Å². The van der Waals surface area contributed by atoms with Crippen LogP contribution in [-0.4, -0.2) is 11.4 Å². The number of hydrogen-bond acceptors (Lipinski definition) is 1. The molecule has 2 atom stereocenters. The van der Waals surface area contributed by atoms with E-state index in [1.807, 2.05) is 25.1 Å². The minimum Gasteiger partial charge on any atom is -0.351 e. The molecule has 0 aromatic heterocycles. The number of carbonyl (C=O) groups excluding carboxylic acids is 1. The summed E-state index contributed by atoms with van der Waals surface area (Å²) in [5, 5.41) is 3.33. The van der Waals surface area contributed by atoms with E-state index in [2.05, 4.69) is 75.5 Å². The maximum absolute atomic E-state index is 12.8. The molecular weight excluding hydrogens is 342 g/mol. The second kappa shape index (κ2) is 9.91. The molecule has 0 fully saturated rings. The van der Waals surface area contributed by atoms with Gasteiger partial charge in [0.05, 0.1) is 0 Å². The Labute approximate surface area is 171 Å². The molecule has 0 aliphatic heterocycles. The van der Waals surface area contributed by atoms with Crippen molar-refractivity contribution in [2.45, 2.75) is 72.3 Å². The van der Waals surface area contributed by atoms with Gasteiger partial charge in [-0.15, -0.1) is 0 Å². The van der Waals surface area contributed by atoms with Gasteiger partial charge in [-0.05, 0) is 50.5 Å². The number of allylic oxidation sites excluding steroid dienone is 6. The molecule has 0 spiro atoms. The van der Waals surface area contributed by atoms with Gasteiger partial charge in [-0.25, -0.2) is 0 Å². The van der Waals surface area contributed by atoms with Crippen LogP contribution in [-0.2, 0) is 11.2 Å². The van der Waals surface area contributed by atoms with E-state index in [1.165, 1.54) is 11.1 Å². The highest BCUT2D eigenvalue weighted by Crippen LogP contribution is 2.38. The Morgan fingerprint density at radius 2 is 1.86 bits per heavy atom. The lowest BCUT2D eigenvalue weighted by atomic mass is 9.72. The van der Waals surface area contributed by atoms with E-state index in [4.69, 9.17) is 0 Å². The summed E-state index contributed by atoms with van der Waals surface area (Å²) in [5.74, 6) is 0.109. The Kier molecular flexibility index (Phi) is 7.86. The third-order valence-electron chi connectivity index (χ3n) is 5.72. The molecule has 1 aromatic rings. The van der Waals surface area contributed by atoms with Gasteiger partial charge in [0, 0.05) is 11.5 Å². The van der Waals surface area contributed by atoms with E-state index in [1.54, 1.807) is 0 Å². The van der Waals surface area contributed by atoms with Gasteiger partial charge >= 0.3 is 0 Å². The molecule has 0 bridgehead atoms. The van der Waals surface area contributed by atoms with Crippen LogP contribution in [0.2, 0.25) is 0 Å². The largest absolute Gasteiger partial charge is 0.351 e. The van der Waals surface area contributed by atoms with E-state index in [0.717, 1.165) is 32.1 Å². The Balaban J connectivity index is 1.97. The molecule has 1 aliphatic carbocycles. The lowest BCUT2D eigenvalue weighted by Crippen LogP contribution is -2.48. The van der Waals surface area contributed by atoms with Gasteiger partial charge < -0.3 is 5.32 Å². The fourth-order valence-electron chi connectivity index (χ4n) is 4.19. The molecule has 1 N–H and O–H groups in total. The summed E-state index contributed by atoms with van der Waals surface area (Å²) in [6.45, 7) is 10.9. The summed E-state index contributed by atoms with van der Waals surface area (Å²) in [6, 6.07) is 10.3. The maximum Gasteiger partial charge on any atom is 0.223 e. The van der Waals surface area contributed by atoms with Crippen LogP contribution in [0.25, 0.3) is 0 Å². The van der Waals surface area contributed by atoms with Crippen LogP contribution in [0.3, 0.4) is 0 Å². The molecule has 2 heteroatoms. The zero-order chi connectivity index (χ0) is 20.6.